The zero-order chi connectivity index (χ0) is 15.6. The molecule has 0 bridgehead atoms. The van der Waals surface area contributed by atoms with Crippen molar-refractivity contribution in [2.24, 2.45) is 17.8 Å². The zero-order valence-electron chi connectivity index (χ0n) is 14.1. The predicted octanol–water partition coefficient (Wildman–Crippen LogP) is 3.49. The number of aliphatic hydroxyl groups excluding tert-OH is 1. The average Bonchev–Trinajstić information content (AvgIpc) is 3.48. The number of hydrogen-bond acceptors (Lipinski definition) is 3. The van der Waals surface area contributed by atoms with Crippen molar-refractivity contribution in [3.63, 3.8) is 0 Å². The van der Waals surface area contributed by atoms with Crippen molar-refractivity contribution in [2.45, 2.75) is 51.1 Å². The first-order valence-corrected chi connectivity index (χ1v) is 9.50. The summed E-state index contributed by atoms with van der Waals surface area (Å²) in [5, 5.41) is 13.1. The van der Waals surface area contributed by atoms with Crippen LogP contribution in [0.3, 0.4) is 0 Å². The summed E-state index contributed by atoms with van der Waals surface area (Å²) in [6.07, 6.45) is 7.97. The molecule has 1 aromatic carbocycles. The van der Waals surface area contributed by atoms with Gasteiger partial charge in [0.25, 0.3) is 0 Å². The normalized spacial score (nSPS) is 23.4. The van der Waals surface area contributed by atoms with Gasteiger partial charge in [-0.1, -0.05) is 12.1 Å². The van der Waals surface area contributed by atoms with Crippen molar-refractivity contribution >= 4 is 5.69 Å². The smallest absolute Gasteiger partial charge is 0.0460 e. The average molecular weight is 314 g/mol. The number of aliphatic hydroxyl groups is 1. The summed E-state index contributed by atoms with van der Waals surface area (Å²) < 4.78 is 0. The van der Waals surface area contributed by atoms with E-state index in [1.807, 2.05) is 0 Å². The summed E-state index contributed by atoms with van der Waals surface area (Å²) in [7, 11) is 0. The highest BCUT2D eigenvalue weighted by molar-refractivity contribution is 5.47. The molecule has 2 N–H and O–H groups in total. The van der Waals surface area contributed by atoms with E-state index in [0.717, 1.165) is 50.4 Å². The molecule has 0 spiro atoms. The van der Waals surface area contributed by atoms with Crippen LogP contribution >= 0.6 is 0 Å². The SMILES string of the molecule is OCC1CCN(Cc2cccc(NC(C3CC3)C3CC3)c2)CC1. The highest BCUT2D eigenvalue weighted by Crippen LogP contribution is 2.45. The maximum absolute atomic E-state index is 9.26. The molecular formula is C20H30N2O. The second-order valence-corrected chi connectivity index (χ2v) is 7.95. The molecule has 1 aliphatic heterocycles. The predicted molar refractivity (Wildman–Crippen MR) is 94.4 cm³/mol. The minimum atomic E-state index is 0.358. The molecule has 4 rings (SSSR count). The molecule has 1 heterocycles. The first kappa shape index (κ1) is 15.5. The minimum absolute atomic E-state index is 0.358. The number of hydrogen-bond donors (Lipinski definition) is 2. The van der Waals surface area contributed by atoms with E-state index in [1.54, 1.807) is 0 Å². The lowest BCUT2D eigenvalue weighted by molar-refractivity contribution is 0.127. The van der Waals surface area contributed by atoms with Gasteiger partial charge in [0, 0.05) is 24.9 Å². The minimum Gasteiger partial charge on any atom is -0.396 e. The molecule has 3 nitrogen and oxygen atoms in total. The first-order valence-electron chi connectivity index (χ1n) is 9.50. The van der Waals surface area contributed by atoms with E-state index in [1.165, 1.54) is 36.9 Å². The van der Waals surface area contributed by atoms with E-state index in [9.17, 15) is 5.11 Å². The summed E-state index contributed by atoms with van der Waals surface area (Å²) in [6, 6.07) is 9.78. The molecule has 23 heavy (non-hydrogen) atoms. The Morgan fingerprint density at radius 2 is 1.74 bits per heavy atom. The molecule has 2 saturated carbocycles. The van der Waals surface area contributed by atoms with Gasteiger partial charge in [0.05, 0.1) is 0 Å². The number of rotatable bonds is 7. The first-order chi connectivity index (χ1) is 11.3. The number of piperidine rings is 1. The topological polar surface area (TPSA) is 35.5 Å². The van der Waals surface area contributed by atoms with Crippen LogP contribution in [-0.2, 0) is 6.54 Å². The van der Waals surface area contributed by atoms with Crippen LogP contribution in [0.25, 0.3) is 0 Å². The summed E-state index contributed by atoms with van der Waals surface area (Å²) in [4.78, 5) is 2.53. The summed E-state index contributed by atoms with van der Waals surface area (Å²) in [6.45, 7) is 3.65. The summed E-state index contributed by atoms with van der Waals surface area (Å²) >= 11 is 0. The number of benzene rings is 1. The fourth-order valence-corrected chi connectivity index (χ4v) is 4.07. The van der Waals surface area contributed by atoms with Crippen molar-refractivity contribution in [1.82, 2.24) is 4.90 Å². The number of nitrogens with one attached hydrogen (secondary N) is 1. The Hall–Kier alpha value is -1.06. The third-order valence-corrected chi connectivity index (χ3v) is 5.89. The van der Waals surface area contributed by atoms with Gasteiger partial charge in [-0.15, -0.1) is 0 Å². The molecule has 3 aliphatic rings. The van der Waals surface area contributed by atoms with Crippen molar-refractivity contribution < 1.29 is 5.11 Å². The molecule has 0 radical (unpaired) electrons. The van der Waals surface area contributed by atoms with Crippen LogP contribution in [-0.4, -0.2) is 35.7 Å². The van der Waals surface area contributed by atoms with E-state index in [0.29, 0.717) is 12.5 Å². The van der Waals surface area contributed by atoms with Crippen LogP contribution in [0.4, 0.5) is 5.69 Å². The summed E-state index contributed by atoms with van der Waals surface area (Å²) in [5.41, 5.74) is 2.74. The van der Waals surface area contributed by atoms with Crippen molar-refractivity contribution in [3.05, 3.63) is 29.8 Å². The fraction of sp³-hybridized carbons (Fsp3) is 0.700. The van der Waals surface area contributed by atoms with E-state index in [2.05, 4.69) is 34.5 Å². The largest absolute Gasteiger partial charge is 0.396 e. The van der Waals surface area contributed by atoms with Gasteiger partial charge in [-0.3, -0.25) is 4.90 Å². The molecule has 126 valence electrons. The molecule has 1 aromatic rings. The second kappa shape index (κ2) is 6.82. The Kier molecular flexibility index (Phi) is 4.59. The van der Waals surface area contributed by atoms with Crippen molar-refractivity contribution in [2.75, 3.05) is 25.0 Å². The number of nitrogens with zero attached hydrogens (tertiary/aromatic N) is 1. The van der Waals surface area contributed by atoms with E-state index < -0.39 is 0 Å². The highest BCUT2D eigenvalue weighted by atomic mass is 16.3. The lowest BCUT2D eigenvalue weighted by Gasteiger charge is -2.31. The van der Waals surface area contributed by atoms with Crippen LogP contribution in [0.2, 0.25) is 0 Å². The van der Waals surface area contributed by atoms with Gasteiger partial charge in [0.1, 0.15) is 0 Å². The van der Waals surface area contributed by atoms with Gasteiger partial charge in [-0.05, 0) is 87.1 Å². The number of anilines is 1. The third kappa shape index (κ3) is 4.07. The maximum Gasteiger partial charge on any atom is 0.0460 e. The maximum atomic E-state index is 9.26. The van der Waals surface area contributed by atoms with Crippen LogP contribution in [0, 0.1) is 17.8 Å². The summed E-state index contributed by atoms with van der Waals surface area (Å²) in [5.74, 6) is 2.39. The standard InChI is InChI=1S/C20H30N2O/c23-14-15-8-10-22(11-9-15)13-16-2-1-3-19(12-16)21-20(17-4-5-17)18-6-7-18/h1-3,12,15,17-18,20-21,23H,4-11,13-14H2. The molecule has 3 heteroatoms. The molecule has 2 aliphatic carbocycles. The Morgan fingerprint density at radius 3 is 2.35 bits per heavy atom. The Bertz CT molecular complexity index is 504. The van der Waals surface area contributed by atoms with Gasteiger partial charge < -0.3 is 10.4 Å². The Labute approximate surface area is 140 Å². The van der Waals surface area contributed by atoms with Gasteiger partial charge in [-0.25, -0.2) is 0 Å². The molecule has 0 atom stereocenters. The van der Waals surface area contributed by atoms with Crippen molar-refractivity contribution in [1.29, 1.82) is 0 Å². The lowest BCUT2D eigenvalue weighted by Crippen LogP contribution is -2.34. The van der Waals surface area contributed by atoms with E-state index in [-0.39, 0.29) is 0 Å². The molecule has 1 saturated heterocycles. The Balaban J connectivity index is 1.34. The molecular weight excluding hydrogens is 284 g/mol. The Morgan fingerprint density at radius 1 is 1.04 bits per heavy atom. The fourth-order valence-electron chi connectivity index (χ4n) is 4.07. The molecule has 0 amide bonds. The molecule has 3 fully saturated rings. The van der Waals surface area contributed by atoms with Crippen LogP contribution in [0.15, 0.2) is 24.3 Å². The lowest BCUT2D eigenvalue weighted by atomic mass is 9.97. The monoisotopic (exact) mass is 314 g/mol. The highest BCUT2D eigenvalue weighted by Gasteiger charge is 2.41. The van der Waals surface area contributed by atoms with Gasteiger partial charge in [0.2, 0.25) is 0 Å². The molecule has 0 aromatic heterocycles. The van der Waals surface area contributed by atoms with Crippen LogP contribution < -0.4 is 5.32 Å². The van der Waals surface area contributed by atoms with Crippen LogP contribution in [0.5, 0.6) is 0 Å². The molecule has 0 unspecified atom stereocenters. The van der Waals surface area contributed by atoms with Gasteiger partial charge >= 0.3 is 0 Å². The number of likely N-dealkylation sites (tertiary alicyclic amines) is 1. The second-order valence-electron chi connectivity index (χ2n) is 7.95. The van der Waals surface area contributed by atoms with E-state index in [4.69, 9.17) is 0 Å². The van der Waals surface area contributed by atoms with E-state index >= 15 is 0 Å². The zero-order valence-corrected chi connectivity index (χ0v) is 14.1. The van der Waals surface area contributed by atoms with Gasteiger partial charge in [0.15, 0.2) is 0 Å². The van der Waals surface area contributed by atoms with Gasteiger partial charge in [-0.2, -0.15) is 0 Å². The quantitative estimate of drug-likeness (QED) is 0.808. The third-order valence-electron chi connectivity index (χ3n) is 5.89. The van der Waals surface area contributed by atoms with Crippen molar-refractivity contribution in [3.8, 4) is 0 Å². The van der Waals surface area contributed by atoms with Crippen LogP contribution in [0.1, 0.15) is 44.1 Å².